The van der Waals surface area contributed by atoms with Crippen molar-refractivity contribution in [2.75, 3.05) is 5.32 Å². The van der Waals surface area contributed by atoms with Gasteiger partial charge in [-0.05, 0) is 67.7 Å². The molecule has 0 fully saturated rings. The molecule has 1 aromatic carbocycles. The standard InChI is InChI=1S/C21H23N3O4/c1-12-10-23-15(11-22-12)9-18(20(25)26)28-21(27)24-19-16-6-2-4-13(16)8-14-5-3-7-17(14)19/h8,10-11,18H,2-7,9H2,1H3,(H,24,27)(H,25,26). The van der Waals surface area contributed by atoms with E-state index < -0.39 is 18.2 Å². The van der Waals surface area contributed by atoms with Crippen LogP contribution in [-0.2, 0) is 41.6 Å². The third-order valence-electron chi connectivity index (χ3n) is 5.45. The first-order chi connectivity index (χ1) is 13.5. The summed E-state index contributed by atoms with van der Waals surface area (Å²) in [5, 5.41) is 12.3. The molecule has 0 bridgehead atoms. The summed E-state index contributed by atoms with van der Waals surface area (Å²) in [6, 6.07) is 2.28. The summed E-state index contributed by atoms with van der Waals surface area (Å²) in [5.74, 6) is -1.21. The van der Waals surface area contributed by atoms with Crippen LogP contribution in [0.2, 0.25) is 0 Å². The number of hydrogen-bond acceptors (Lipinski definition) is 5. The molecule has 1 aromatic heterocycles. The number of aryl methyl sites for hydroxylation is 3. The maximum absolute atomic E-state index is 12.5. The van der Waals surface area contributed by atoms with Crippen LogP contribution in [0.25, 0.3) is 0 Å². The molecule has 146 valence electrons. The highest BCUT2D eigenvalue weighted by atomic mass is 16.6. The van der Waals surface area contributed by atoms with Gasteiger partial charge in [0.1, 0.15) is 0 Å². The maximum Gasteiger partial charge on any atom is 0.412 e. The first-order valence-electron chi connectivity index (χ1n) is 9.65. The van der Waals surface area contributed by atoms with Gasteiger partial charge in [0, 0.05) is 18.8 Å². The van der Waals surface area contributed by atoms with Crippen LogP contribution in [0.15, 0.2) is 18.5 Å². The van der Waals surface area contributed by atoms with E-state index >= 15 is 0 Å². The topological polar surface area (TPSA) is 101 Å². The SMILES string of the molecule is Cc1cnc(CC(OC(=O)Nc2c3c(cc4c2CCC4)CCC3)C(=O)O)cn1. The highest BCUT2D eigenvalue weighted by Crippen LogP contribution is 2.38. The van der Waals surface area contributed by atoms with Crippen molar-refractivity contribution in [1.82, 2.24) is 9.97 Å². The molecule has 0 saturated heterocycles. The third kappa shape index (κ3) is 3.69. The Bertz CT molecular complexity index is 892. The molecule has 0 aliphatic heterocycles. The van der Waals surface area contributed by atoms with Gasteiger partial charge in [-0.3, -0.25) is 15.3 Å². The molecule has 1 unspecified atom stereocenters. The lowest BCUT2D eigenvalue weighted by molar-refractivity contribution is -0.146. The van der Waals surface area contributed by atoms with Crippen molar-refractivity contribution < 1.29 is 19.4 Å². The molecule has 7 heteroatoms. The minimum Gasteiger partial charge on any atom is -0.478 e. The van der Waals surface area contributed by atoms with Crippen molar-refractivity contribution in [2.45, 2.75) is 58.0 Å². The quantitative estimate of drug-likeness (QED) is 0.826. The Balaban J connectivity index is 1.50. The second-order valence-electron chi connectivity index (χ2n) is 7.44. The largest absolute Gasteiger partial charge is 0.478 e. The molecular formula is C21H23N3O4. The number of nitrogens with zero attached hydrogens (tertiary/aromatic N) is 2. The molecule has 4 rings (SSSR count). The first kappa shape index (κ1) is 18.4. The van der Waals surface area contributed by atoms with Gasteiger partial charge in [0.05, 0.1) is 17.1 Å². The summed E-state index contributed by atoms with van der Waals surface area (Å²) < 4.78 is 5.25. The summed E-state index contributed by atoms with van der Waals surface area (Å²) in [7, 11) is 0. The van der Waals surface area contributed by atoms with Crippen LogP contribution in [0.3, 0.4) is 0 Å². The molecule has 0 spiro atoms. The van der Waals surface area contributed by atoms with E-state index in [1.807, 2.05) is 0 Å². The van der Waals surface area contributed by atoms with Crippen molar-refractivity contribution in [3.8, 4) is 0 Å². The van der Waals surface area contributed by atoms with Crippen LogP contribution in [-0.4, -0.2) is 33.2 Å². The highest BCUT2D eigenvalue weighted by molar-refractivity contribution is 5.90. The fourth-order valence-electron chi connectivity index (χ4n) is 4.12. The number of aromatic nitrogens is 2. The zero-order chi connectivity index (χ0) is 19.7. The Hall–Kier alpha value is -2.96. The van der Waals surface area contributed by atoms with Crippen LogP contribution in [0.1, 0.15) is 46.5 Å². The molecule has 28 heavy (non-hydrogen) atoms. The first-order valence-corrected chi connectivity index (χ1v) is 9.65. The molecule has 0 saturated carbocycles. The Morgan fingerprint density at radius 2 is 1.79 bits per heavy atom. The van der Waals surface area contributed by atoms with E-state index in [0.717, 1.165) is 49.9 Å². The number of aliphatic carboxylic acids is 1. The second-order valence-corrected chi connectivity index (χ2v) is 7.44. The van der Waals surface area contributed by atoms with E-state index in [2.05, 4.69) is 21.4 Å². The molecule has 2 aliphatic carbocycles. The van der Waals surface area contributed by atoms with Crippen molar-refractivity contribution in [3.05, 3.63) is 52.1 Å². The summed E-state index contributed by atoms with van der Waals surface area (Å²) in [5.41, 5.74) is 6.98. The molecule has 2 aliphatic rings. The Labute approximate surface area is 163 Å². The zero-order valence-corrected chi connectivity index (χ0v) is 15.8. The normalized spacial score (nSPS) is 15.6. The molecule has 7 nitrogen and oxygen atoms in total. The van der Waals surface area contributed by atoms with Gasteiger partial charge in [-0.15, -0.1) is 0 Å². The van der Waals surface area contributed by atoms with Crippen molar-refractivity contribution in [2.24, 2.45) is 0 Å². The molecule has 2 N–H and O–H groups in total. The number of hydrogen-bond donors (Lipinski definition) is 2. The van der Waals surface area contributed by atoms with Gasteiger partial charge in [0.25, 0.3) is 0 Å². The van der Waals surface area contributed by atoms with Crippen molar-refractivity contribution >= 4 is 17.7 Å². The van der Waals surface area contributed by atoms with Crippen LogP contribution < -0.4 is 5.32 Å². The second kappa shape index (κ2) is 7.58. The van der Waals surface area contributed by atoms with Crippen LogP contribution in [0, 0.1) is 6.92 Å². The van der Waals surface area contributed by atoms with Gasteiger partial charge in [-0.2, -0.15) is 0 Å². The predicted octanol–water partition coefficient (Wildman–Crippen LogP) is 3.01. The number of fused-ring (bicyclic) bond motifs is 2. The van der Waals surface area contributed by atoms with Gasteiger partial charge in [-0.1, -0.05) is 6.07 Å². The number of carboxylic acids is 1. The number of benzene rings is 1. The highest BCUT2D eigenvalue weighted by Gasteiger charge is 2.28. The zero-order valence-electron chi connectivity index (χ0n) is 15.8. The molecule has 0 radical (unpaired) electrons. The molecule has 1 atom stereocenters. The summed E-state index contributed by atoms with van der Waals surface area (Å²) in [6.07, 6.45) is 7.04. The van der Waals surface area contributed by atoms with Crippen molar-refractivity contribution in [1.29, 1.82) is 0 Å². The molecular weight excluding hydrogens is 358 g/mol. The van der Waals surface area contributed by atoms with E-state index in [1.165, 1.54) is 28.5 Å². The average molecular weight is 381 g/mol. The smallest absolute Gasteiger partial charge is 0.412 e. The summed E-state index contributed by atoms with van der Waals surface area (Å²) >= 11 is 0. The molecule has 1 heterocycles. The van der Waals surface area contributed by atoms with Crippen molar-refractivity contribution in [3.63, 3.8) is 0 Å². The van der Waals surface area contributed by atoms with Crippen LogP contribution in [0.4, 0.5) is 10.5 Å². The summed E-state index contributed by atoms with van der Waals surface area (Å²) in [6.45, 7) is 1.80. The number of carbonyl (C=O) groups is 2. The summed E-state index contributed by atoms with van der Waals surface area (Å²) in [4.78, 5) is 32.4. The fraction of sp³-hybridized carbons (Fsp3) is 0.429. The van der Waals surface area contributed by atoms with Gasteiger partial charge in [-0.25, -0.2) is 9.59 Å². The van der Waals surface area contributed by atoms with E-state index in [4.69, 9.17) is 4.74 Å². The fourth-order valence-corrected chi connectivity index (χ4v) is 4.12. The van der Waals surface area contributed by atoms with E-state index in [0.29, 0.717) is 5.69 Å². The van der Waals surface area contributed by atoms with Crippen LogP contribution in [0.5, 0.6) is 0 Å². The van der Waals surface area contributed by atoms with Gasteiger partial charge >= 0.3 is 12.1 Å². The van der Waals surface area contributed by atoms with Gasteiger partial charge in [0.15, 0.2) is 0 Å². The predicted molar refractivity (Wildman–Crippen MR) is 102 cm³/mol. The van der Waals surface area contributed by atoms with E-state index in [-0.39, 0.29) is 6.42 Å². The lowest BCUT2D eigenvalue weighted by Crippen LogP contribution is -2.32. The van der Waals surface area contributed by atoms with Gasteiger partial charge < -0.3 is 9.84 Å². The lowest BCUT2D eigenvalue weighted by atomic mass is 9.99. The number of carboxylic acid groups (broad SMARTS) is 1. The average Bonchev–Trinajstić information content (AvgIpc) is 3.31. The van der Waals surface area contributed by atoms with E-state index in [9.17, 15) is 14.7 Å². The lowest BCUT2D eigenvalue weighted by Gasteiger charge is -2.18. The van der Waals surface area contributed by atoms with Gasteiger partial charge in [0.2, 0.25) is 6.10 Å². The number of carbonyl (C=O) groups excluding carboxylic acids is 1. The van der Waals surface area contributed by atoms with Crippen LogP contribution >= 0.6 is 0 Å². The third-order valence-corrected chi connectivity index (χ3v) is 5.45. The number of ether oxygens (including phenoxy) is 1. The number of nitrogens with one attached hydrogen (secondary N) is 1. The Morgan fingerprint density at radius 3 is 2.36 bits per heavy atom. The van der Waals surface area contributed by atoms with E-state index in [1.54, 1.807) is 13.1 Å². The number of rotatable bonds is 5. The molecule has 1 amide bonds. The monoisotopic (exact) mass is 381 g/mol. The Morgan fingerprint density at radius 1 is 1.11 bits per heavy atom. The maximum atomic E-state index is 12.5. The minimum absolute atomic E-state index is 0.0267. The number of anilines is 1. The number of amides is 1. The minimum atomic E-state index is -1.32. The molecule has 2 aromatic rings. The Kier molecular flexibility index (Phi) is 4.98.